The van der Waals surface area contributed by atoms with Gasteiger partial charge in [0.2, 0.25) is 0 Å². The number of fused-ring (bicyclic) bond motifs is 1. The molecule has 1 aromatic carbocycles. The number of amides is 1. The van der Waals surface area contributed by atoms with E-state index < -0.39 is 5.82 Å². The predicted octanol–water partition coefficient (Wildman–Crippen LogP) is 2.79. The molecule has 20 heavy (non-hydrogen) atoms. The lowest BCUT2D eigenvalue weighted by Crippen LogP contribution is -2.38. The van der Waals surface area contributed by atoms with Crippen molar-refractivity contribution in [2.24, 2.45) is 17.6 Å². The van der Waals surface area contributed by atoms with Gasteiger partial charge in [-0.15, -0.1) is 0 Å². The molecule has 0 bridgehead atoms. The van der Waals surface area contributed by atoms with Crippen LogP contribution in [0.2, 0.25) is 0 Å². The van der Waals surface area contributed by atoms with E-state index in [1.807, 2.05) is 4.90 Å². The van der Waals surface area contributed by atoms with Gasteiger partial charge in [-0.05, 0) is 52.7 Å². The van der Waals surface area contributed by atoms with Crippen LogP contribution in [0.25, 0.3) is 0 Å². The average molecular weight is 341 g/mol. The standard InChI is InChI=1S/C15H18BrFN2O/c16-14-10(4-2-5-12(14)17)15(20)19-7-9-3-1-6-13(18)11(9)8-19/h2,4-5,9,11,13H,1,3,6-8,18H2. The van der Waals surface area contributed by atoms with E-state index in [-0.39, 0.29) is 16.4 Å². The summed E-state index contributed by atoms with van der Waals surface area (Å²) in [6, 6.07) is 4.78. The van der Waals surface area contributed by atoms with Crippen molar-refractivity contribution in [2.75, 3.05) is 13.1 Å². The van der Waals surface area contributed by atoms with Crippen molar-refractivity contribution in [1.29, 1.82) is 0 Å². The highest BCUT2D eigenvalue weighted by Crippen LogP contribution is 2.36. The molecule has 3 atom stereocenters. The molecule has 1 saturated heterocycles. The Labute approximate surface area is 126 Å². The van der Waals surface area contributed by atoms with Crippen LogP contribution in [0, 0.1) is 17.7 Å². The van der Waals surface area contributed by atoms with Crippen LogP contribution in [-0.4, -0.2) is 29.9 Å². The van der Waals surface area contributed by atoms with E-state index in [2.05, 4.69) is 15.9 Å². The first-order chi connectivity index (χ1) is 9.58. The minimum absolute atomic E-state index is 0.0991. The van der Waals surface area contributed by atoms with Gasteiger partial charge in [-0.1, -0.05) is 12.5 Å². The highest BCUT2D eigenvalue weighted by molar-refractivity contribution is 9.10. The minimum Gasteiger partial charge on any atom is -0.338 e. The van der Waals surface area contributed by atoms with Crippen LogP contribution in [0.1, 0.15) is 29.6 Å². The Bertz CT molecular complexity index is 537. The van der Waals surface area contributed by atoms with Crippen molar-refractivity contribution in [3.05, 3.63) is 34.1 Å². The van der Waals surface area contributed by atoms with Gasteiger partial charge < -0.3 is 10.6 Å². The summed E-state index contributed by atoms with van der Waals surface area (Å²) in [5.74, 6) is 0.414. The normalized spacial score (nSPS) is 29.4. The number of carbonyl (C=O) groups excluding carboxylic acids is 1. The van der Waals surface area contributed by atoms with Gasteiger partial charge in [-0.25, -0.2) is 4.39 Å². The lowest BCUT2D eigenvalue weighted by atomic mass is 9.78. The number of hydrogen-bond donors (Lipinski definition) is 1. The second kappa shape index (κ2) is 5.45. The van der Waals surface area contributed by atoms with E-state index in [4.69, 9.17) is 5.73 Å². The average Bonchev–Trinajstić information content (AvgIpc) is 2.87. The summed E-state index contributed by atoms with van der Waals surface area (Å²) in [6.45, 7) is 1.45. The number of benzene rings is 1. The zero-order valence-corrected chi connectivity index (χ0v) is 12.8. The highest BCUT2D eigenvalue weighted by atomic mass is 79.9. The summed E-state index contributed by atoms with van der Waals surface area (Å²) in [5, 5.41) is 0. The van der Waals surface area contributed by atoms with Crippen molar-refractivity contribution in [2.45, 2.75) is 25.3 Å². The molecule has 1 heterocycles. The van der Waals surface area contributed by atoms with Crippen LogP contribution < -0.4 is 5.73 Å². The van der Waals surface area contributed by atoms with Crippen LogP contribution in [0.3, 0.4) is 0 Å². The molecule has 5 heteroatoms. The number of halogens is 2. The summed E-state index contributed by atoms with van der Waals surface area (Å²) in [7, 11) is 0. The van der Waals surface area contributed by atoms with Gasteiger partial charge in [0.1, 0.15) is 5.82 Å². The highest BCUT2D eigenvalue weighted by Gasteiger charge is 2.40. The maximum atomic E-state index is 13.5. The van der Waals surface area contributed by atoms with Crippen LogP contribution in [0.5, 0.6) is 0 Å². The second-order valence-corrected chi connectivity index (χ2v) is 6.62. The van der Waals surface area contributed by atoms with E-state index in [9.17, 15) is 9.18 Å². The molecule has 1 amide bonds. The topological polar surface area (TPSA) is 46.3 Å². The molecule has 2 N–H and O–H groups in total. The first-order valence-electron chi connectivity index (χ1n) is 7.07. The van der Waals surface area contributed by atoms with Crippen molar-refractivity contribution in [3.63, 3.8) is 0 Å². The fraction of sp³-hybridized carbons (Fsp3) is 0.533. The third-order valence-electron chi connectivity index (χ3n) is 4.62. The Morgan fingerprint density at radius 3 is 2.90 bits per heavy atom. The van der Waals surface area contributed by atoms with Crippen molar-refractivity contribution < 1.29 is 9.18 Å². The Hall–Kier alpha value is -0.940. The maximum absolute atomic E-state index is 13.5. The fourth-order valence-electron chi connectivity index (χ4n) is 3.52. The first kappa shape index (κ1) is 14.0. The smallest absolute Gasteiger partial charge is 0.255 e. The lowest BCUT2D eigenvalue weighted by molar-refractivity contribution is 0.0782. The van der Waals surface area contributed by atoms with Gasteiger partial charge in [0.15, 0.2) is 0 Å². The van der Waals surface area contributed by atoms with Crippen molar-refractivity contribution in [3.8, 4) is 0 Å². The Kier molecular flexibility index (Phi) is 3.82. The molecule has 0 aromatic heterocycles. The van der Waals surface area contributed by atoms with E-state index in [1.54, 1.807) is 12.1 Å². The number of rotatable bonds is 1. The Morgan fingerprint density at radius 1 is 1.35 bits per heavy atom. The largest absolute Gasteiger partial charge is 0.338 e. The first-order valence-corrected chi connectivity index (χ1v) is 7.86. The number of likely N-dealkylation sites (tertiary alicyclic amines) is 1. The summed E-state index contributed by atoms with van der Waals surface area (Å²) < 4.78 is 13.8. The molecule has 2 fully saturated rings. The zero-order valence-electron chi connectivity index (χ0n) is 11.2. The fourth-order valence-corrected chi connectivity index (χ4v) is 3.96. The Balaban J connectivity index is 1.80. The number of carbonyl (C=O) groups is 1. The van der Waals surface area contributed by atoms with Crippen molar-refractivity contribution in [1.82, 2.24) is 4.90 Å². The quantitative estimate of drug-likeness (QED) is 0.854. The molecule has 1 aliphatic heterocycles. The third-order valence-corrected chi connectivity index (χ3v) is 5.43. The van der Waals surface area contributed by atoms with Gasteiger partial charge >= 0.3 is 0 Å². The Morgan fingerprint density at radius 2 is 2.15 bits per heavy atom. The van der Waals surface area contributed by atoms with Gasteiger partial charge in [0, 0.05) is 19.1 Å². The number of nitrogens with zero attached hydrogens (tertiary/aromatic N) is 1. The second-order valence-electron chi connectivity index (χ2n) is 5.83. The molecule has 0 radical (unpaired) electrons. The van der Waals surface area contributed by atoms with Crippen molar-refractivity contribution >= 4 is 21.8 Å². The van der Waals surface area contributed by atoms with Gasteiger partial charge in [0.05, 0.1) is 10.0 Å². The summed E-state index contributed by atoms with van der Waals surface area (Å²) >= 11 is 3.17. The van der Waals surface area contributed by atoms with Gasteiger partial charge in [-0.3, -0.25) is 4.79 Å². The SMILES string of the molecule is NC1CCCC2CN(C(=O)c3cccc(F)c3Br)CC12. The minimum atomic E-state index is -0.399. The van der Waals surface area contributed by atoms with E-state index in [0.717, 1.165) is 25.8 Å². The van der Waals surface area contributed by atoms with E-state index >= 15 is 0 Å². The molecule has 108 valence electrons. The molecule has 3 rings (SSSR count). The molecule has 3 unspecified atom stereocenters. The van der Waals surface area contributed by atoms with Crippen LogP contribution >= 0.6 is 15.9 Å². The number of nitrogens with two attached hydrogens (primary N) is 1. The van der Waals surface area contributed by atoms with E-state index in [0.29, 0.717) is 23.9 Å². The molecule has 1 aromatic rings. The van der Waals surface area contributed by atoms with Crippen LogP contribution in [-0.2, 0) is 0 Å². The van der Waals surface area contributed by atoms with Crippen LogP contribution in [0.15, 0.2) is 22.7 Å². The zero-order chi connectivity index (χ0) is 14.3. The summed E-state index contributed by atoms with van der Waals surface area (Å²) in [4.78, 5) is 14.4. The van der Waals surface area contributed by atoms with E-state index in [1.165, 1.54) is 6.07 Å². The molecular weight excluding hydrogens is 323 g/mol. The molecule has 1 saturated carbocycles. The summed E-state index contributed by atoms with van der Waals surface area (Å²) in [5.41, 5.74) is 6.57. The number of hydrogen-bond acceptors (Lipinski definition) is 2. The molecule has 3 nitrogen and oxygen atoms in total. The van der Waals surface area contributed by atoms with Gasteiger partial charge in [-0.2, -0.15) is 0 Å². The van der Waals surface area contributed by atoms with Crippen LogP contribution in [0.4, 0.5) is 4.39 Å². The third kappa shape index (κ3) is 2.37. The monoisotopic (exact) mass is 340 g/mol. The lowest BCUT2D eigenvalue weighted by Gasteiger charge is -2.29. The molecular formula is C15H18BrFN2O. The van der Waals surface area contributed by atoms with Gasteiger partial charge in [0.25, 0.3) is 5.91 Å². The molecule has 1 aliphatic carbocycles. The molecule has 2 aliphatic rings. The summed E-state index contributed by atoms with van der Waals surface area (Å²) in [6.07, 6.45) is 3.34. The molecule has 0 spiro atoms. The predicted molar refractivity (Wildman–Crippen MR) is 78.8 cm³/mol. The maximum Gasteiger partial charge on any atom is 0.255 e.